The molecule has 1 aromatic heterocycles. The average molecular weight is 216 g/mol. The summed E-state index contributed by atoms with van der Waals surface area (Å²) < 4.78 is 5.35. The summed E-state index contributed by atoms with van der Waals surface area (Å²) in [4.78, 5) is 16.2. The number of nitrogens with two attached hydrogens (primary N) is 1. The van der Waals surface area contributed by atoms with Crippen molar-refractivity contribution in [2.45, 2.75) is 25.3 Å². The van der Waals surface area contributed by atoms with Crippen molar-refractivity contribution in [2.75, 3.05) is 0 Å². The van der Waals surface area contributed by atoms with Gasteiger partial charge >= 0.3 is 0 Å². The van der Waals surface area contributed by atoms with Crippen LogP contribution in [0.4, 0.5) is 0 Å². The lowest BCUT2D eigenvalue weighted by atomic mass is 10.0. The number of fused-ring (bicyclic) bond motifs is 1. The Kier molecular flexibility index (Phi) is 1.74. The number of hydrogen-bond acceptors (Lipinski definition) is 4. The van der Waals surface area contributed by atoms with E-state index in [1.807, 2.05) is 0 Å². The Bertz CT molecular complexity index is 582. The minimum absolute atomic E-state index is 0.00931. The molecular weight excluding hydrogens is 204 g/mol. The van der Waals surface area contributed by atoms with E-state index in [0.29, 0.717) is 22.6 Å². The zero-order valence-corrected chi connectivity index (χ0v) is 8.99. The summed E-state index contributed by atoms with van der Waals surface area (Å²) in [6, 6.07) is 5.28. The fourth-order valence-electron chi connectivity index (χ4n) is 1.83. The monoisotopic (exact) mass is 216 g/mol. The van der Waals surface area contributed by atoms with E-state index in [4.69, 9.17) is 10.2 Å². The number of nitrogens with zero attached hydrogens (tertiary/aromatic N) is 1. The summed E-state index contributed by atoms with van der Waals surface area (Å²) in [5.41, 5.74) is 7.31. The summed E-state index contributed by atoms with van der Waals surface area (Å²) in [6.45, 7) is 1.78. The number of hydrogen-bond donors (Lipinski definition) is 1. The molecule has 0 atom stereocenters. The first-order chi connectivity index (χ1) is 7.58. The van der Waals surface area contributed by atoms with Crippen LogP contribution in [0.5, 0.6) is 0 Å². The van der Waals surface area contributed by atoms with Gasteiger partial charge in [-0.25, -0.2) is 4.98 Å². The lowest BCUT2D eigenvalue weighted by molar-refractivity contribution is 0.0949. The Hall–Kier alpha value is -1.68. The molecule has 1 aliphatic carbocycles. The van der Waals surface area contributed by atoms with Crippen molar-refractivity contribution >= 4 is 16.9 Å². The maximum atomic E-state index is 12.0. The number of aromatic nitrogens is 1. The molecule has 2 aromatic rings. The fraction of sp³-hybridized carbons (Fsp3) is 0.333. The third kappa shape index (κ3) is 1.34. The van der Waals surface area contributed by atoms with E-state index in [-0.39, 0.29) is 5.78 Å². The van der Waals surface area contributed by atoms with Gasteiger partial charge in [0, 0.05) is 12.5 Å². The first kappa shape index (κ1) is 9.54. The summed E-state index contributed by atoms with van der Waals surface area (Å²) >= 11 is 0. The zero-order chi connectivity index (χ0) is 11.3. The topological polar surface area (TPSA) is 69.1 Å². The summed E-state index contributed by atoms with van der Waals surface area (Å²) in [6.07, 6.45) is 1.56. The van der Waals surface area contributed by atoms with E-state index in [2.05, 4.69) is 4.98 Å². The number of benzene rings is 1. The van der Waals surface area contributed by atoms with Crippen LogP contribution >= 0.6 is 0 Å². The molecule has 0 aliphatic heterocycles. The molecule has 1 saturated carbocycles. The normalized spacial score (nSPS) is 17.6. The highest BCUT2D eigenvalue weighted by molar-refractivity contribution is 6.06. The van der Waals surface area contributed by atoms with Gasteiger partial charge in [-0.1, -0.05) is 0 Å². The predicted octanol–water partition coefficient (Wildman–Crippen LogP) is 1.81. The Balaban J connectivity index is 2.07. The molecule has 16 heavy (non-hydrogen) atoms. The number of carbonyl (C=O) groups excluding carboxylic acids is 1. The molecule has 1 heterocycles. The summed E-state index contributed by atoms with van der Waals surface area (Å²) in [5, 5.41) is 0. The molecule has 0 spiro atoms. The first-order valence-corrected chi connectivity index (χ1v) is 5.29. The second-order valence-corrected chi connectivity index (χ2v) is 4.40. The number of carbonyl (C=O) groups is 1. The Morgan fingerprint density at radius 1 is 1.50 bits per heavy atom. The quantitative estimate of drug-likeness (QED) is 0.777. The van der Waals surface area contributed by atoms with Gasteiger partial charge in [-0.2, -0.15) is 0 Å². The average Bonchev–Trinajstić information content (AvgIpc) is 2.89. The number of aryl methyl sites for hydroxylation is 1. The van der Waals surface area contributed by atoms with Gasteiger partial charge in [-0.3, -0.25) is 4.79 Å². The minimum atomic E-state index is -0.619. The van der Waals surface area contributed by atoms with Crippen molar-refractivity contribution in [1.29, 1.82) is 0 Å². The van der Waals surface area contributed by atoms with Crippen molar-refractivity contribution in [3.05, 3.63) is 29.7 Å². The van der Waals surface area contributed by atoms with E-state index in [1.165, 1.54) is 0 Å². The molecule has 4 nitrogen and oxygen atoms in total. The van der Waals surface area contributed by atoms with Crippen LogP contribution in [-0.4, -0.2) is 16.3 Å². The van der Waals surface area contributed by atoms with Crippen LogP contribution in [-0.2, 0) is 0 Å². The summed E-state index contributed by atoms with van der Waals surface area (Å²) in [7, 11) is 0. The van der Waals surface area contributed by atoms with Gasteiger partial charge in [0.25, 0.3) is 0 Å². The molecule has 1 fully saturated rings. The molecule has 1 aromatic carbocycles. The highest BCUT2D eigenvalue weighted by atomic mass is 16.3. The zero-order valence-electron chi connectivity index (χ0n) is 8.99. The third-order valence-corrected chi connectivity index (χ3v) is 3.00. The molecule has 0 bridgehead atoms. The number of oxazole rings is 1. The molecule has 82 valence electrons. The van der Waals surface area contributed by atoms with Gasteiger partial charge in [0.1, 0.15) is 5.52 Å². The molecule has 3 rings (SSSR count). The second-order valence-electron chi connectivity index (χ2n) is 4.40. The van der Waals surface area contributed by atoms with Crippen LogP contribution in [0.25, 0.3) is 11.1 Å². The minimum Gasteiger partial charge on any atom is -0.441 e. The smallest absolute Gasteiger partial charge is 0.192 e. The first-order valence-electron chi connectivity index (χ1n) is 5.29. The maximum absolute atomic E-state index is 12.0. The third-order valence-electron chi connectivity index (χ3n) is 3.00. The van der Waals surface area contributed by atoms with Gasteiger partial charge in [-0.05, 0) is 31.0 Å². The van der Waals surface area contributed by atoms with E-state index in [1.54, 1.807) is 25.1 Å². The van der Waals surface area contributed by atoms with Crippen molar-refractivity contribution in [3.8, 4) is 0 Å². The lowest BCUT2D eigenvalue weighted by Crippen LogP contribution is -2.32. The molecule has 4 heteroatoms. The number of rotatable bonds is 2. The molecule has 0 radical (unpaired) electrons. The van der Waals surface area contributed by atoms with Crippen LogP contribution in [0.3, 0.4) is 0 Å². The SMILES string of the molecule is Cc1nc2cc(C(=O)C3(N)CC3)ccc2o1. The molecule has 2 N–H and O–H groups in total. The molecule has 0 saturated heterocycles. The predicted molar refractivity (Wildman–Crippen MR) is 59.2 cm³/mol. The standard InChI is InChI=1S/C12H12N2O2/c1-7-14-9-6-8(2-3-10(9)16-7)11(15)12(13)4-5-12/h2-3,6H,4-5,13H2,1H3. The van der Waals surface area contributed by atoms with Crippen LogP contribution in [0, 0.1) is 6.92 Å². The lowest BCUT2D eigenvalue weighted by Gasteiger charge is -2.06. The van der Waals surface area contributed by atoms with Gasteiger partial charge in [0.15, 0.2) is 17.3 Å². The Morgan fingerprint density at radius 2 is 2.25 bits per heavy atom. The number of ketones is 1. The highest BCUT2D eigenvalue weighted by Gasteiger charge is 2.46. The van der Waals surface area contributed by atoms with E-state index < -0.39 is 5.54 Å². The molecule has 0 amide bonds. The van der Waals surface area contributed by atoms with Gasteiger partial charge < -0.3 is 10.2 Å². The van der Waals surface area contributed by atoms with Crippen molar-refractivity contribution in [3.63, 3.8) is 0 Å². The van der Waals surface area contributed by atoms with E-state index in [9.17, 15) is 4.79 Å². The fourth-order valence-corrected chi connectivity index (χ4v) is 1.83. The van der Waals surface area contributed by atoms with Crippen molar-refractivity contribution in [1.82, 2.24) is 4.98 Å². The largest absolute Gasteiger partial charge is 0.441 e. The molecule has 0 unspecified atom stereocenters. The van der Waals surface area contributed by atoms with Crippen molar-refractivity contribution < 1.29 is 9.21 Å². The van der Waals surface area contributed by atoms with Crippen molar-refractivity contribution in [2.24, 2.45) is 5.73 Å². The molecular formula is C12H12N2O2. The van der Waals surface area contributed by atoms with Crippen LogP contribution < -0.4 is 5.73 Å². The van der Waals surface area contributed by atoms with Crippen LogP contribution in [0.15, 0.2) is 22.6 Å². The Morgan fingerprint density at radius 3 is 2.94 bits per heavy atom. The van der Waals surface area contributed by atoms with Gasteiger partial charge in [-0.15, -0.1) is 0 Å². The Labute approximate surface area is 92.4 Å². The van der Waals surface area contributed by atoms with Gasteiger partial charge in [0.05, 0.1) is 5.54 Å². The maximum Gasteiger partial charge on any atom is 0.192 e. The highest BCUT2D eigenvalue weighted by Crippen LogP contribution is 2.36. The van der Waals surface area contributed by atoms with E-state index >= 15 is 0 Å². The summed E-state index contributed by atoms with van der Waals surface area (Å²) in [5.74, 6) is 0.614. The van der Waals surface area contributed by atoms with Crippen LogP contribution in [0.1, 0.15) is 29.1 Å². The number of Topliss-reactive ketones (excluding diaryl/α,β-unsaturated/α-hetero) is 1. The van der Waals surface area contributed by atoms with Gasteiger partial charge in [0.2, 0.25) is 0 Å². The molecule has 1 aliphatic rings. The van der Waals surface area contributed by atoms with Crippen LogP contribution in [0.2, 0.25) is 0 Å². The van der Waals surface area contributed by atoms with E-state index in [0.717, 1.165) is 12.8 Å². The second kappa shape index (κ2) is 2.92.